The molecule has 0 aromatic rings. The Kier molecular flexibility index (Phi) is 5.52. The van der Waals surface area contributed by atoms with Gasteiger partial charge in [0.05, 0.1) is 6.10 Å². The number of ether oxygens (including phenoxy) is 1. The monoisotopic (exact) mass is 223 g/mol. The van der Waals surface area contributed by atoms with Gasteiger partial charge < -0.3 is 10.5 Å². The maximum absolute atomic E-state index is 6.01. The third kappa shape index (κ3) is 3.98. The van der Waals surface area contributed by atoms with Crippen molar-refractivity contribution in [3.05, 3.63) is 0 Å². The standard InChI is InChI=1S/C9H21NOSi.ClH/c1-11-9-5-7-12(2,3)6-4-8(9)10;/h8-9H,4-7,10H2,1-3H3;1H/t8-,9-;/m0./s1. The van der Waals surface area contributed by atoms with Crippen LogP contribution in [0.5, 0.6) is 0 Å². The lowest BCUT2D eigenvalue weighted by Crippen LogP contribution is -2.34. The van der Waals surface area contributed by atoms with Crippen molar-refractivity contribution in [1.29, 1.82) is 0 Å². The fourth-order valence-electron chi connectivity index (χ4n) is 1.91. The number of halogens is 1. The van der Waals surface area contributed by atoms with Gasteiger partial charge in [0.25, 0.3) is 0 Å². The van der Waals surface area contributed by atoms with E-state index in [1.807, 2.05) is 0 Å². The van der Waals surface area contributed by atoms with Crippen molar-refractivity contribution >= 4 is 20.5 Å². The molecule has 0 saturated carbocycles. The van der Waals surface area contributed by atoms with Crippen LogP contribution >= 0.6 is 12.4 Å². The summed E-state index contributed by atoms with van der Waals surface area (Å²) in [7, 11) is 0.881. The maximum atomic E-state index is 6.01. The van der Waals surface area contributed by atoms with E-state index >= 15 is 0 Å². The summed E-state index contributed by atoms with van der Waals surface area (Å²) >= 11 is 0. The summed E-state index contributed by atoms with van der Waals surface area (Å²) in [5.41, 5.74) is 6.01. The molecule has 0 aromatic heterocycles. The number of methoxy groups -OCH3 is 1. The van der Waals surface area contributed by atoms with Crippen LogP contribution in [0.15, 0.2) is 0 Å². The van der Waals surface area contributed by atoms with Gasteiger partial charge in [-0.05, 0) is 12.8 Å². The molecule has 0 amide bonds. The summed E-state index contributed by atoms with van der Waals surface area (Å²) < 4.78 is 5.37. The first-order valence-electron chi connectivity index (χ1n) is 4.83. The lowest BCUT2D eigenvalue weighted by Gasteiger charge is -2.19. The Morgan fingerprint density at radius 1 is 1.23 bits per heavy atom. The Bertz CT molecular complexity index is 155. The quantitative estimate of drug-likeness (QED) is 0.693. The highest BCUT2D eigenvalue weighted by atomic mass is 35.5. The Hall–Kier alpha value is 0.427. The topological polar surface area (TPSA) is 35.2 Å². The van der Waals surface area contributed by atoms with Gasteiger partial charge in [-0.2, -0.15) is 0 Å². The van der Waals surface area contributed by atoms with Crippen LogP contribution in [0, 0.1) is 0 Å². The minimum atomic E-state index is -0.901. The summed E-state index contributed by atoms with van der Waals surface area (Å²) in [5, 5.41) is 0. The molecule has 1 aliphatic rings. The van der Waals surface area contributed by atoms with E-state index in [0.29, 0.717) is 6.10 Å². The first kappa shape index (κ1) is 13.4. The Labute approximate surface area is 88.6 Å². The molecule has 0 radical (unpaired) electrons. The average Bonchev–Trinajstić information content (AvgIpc) is 2.13. The smallest absolute Gasteiger partial charge is 0.0719 e. The van der Waals surface area contributed by atoms with Crippen molar-refractivity contribution in [1.82, 2.24) is 0 Å². The van der Waals surface area contributed by atoms with Gasteiger partial charge in [-0.25, -0.2) is 0 Å². The highest BCUT2D eigenvalue weighted by Gasteiger charge is 2.30. The largest absolute Gasteiger partial charge is 0.380 e. The maximum Gasteiger partial charge on any atom is 0.0719 e. The summed E-state index contributed by atoms with van der Waals surface area (Å²) in [6.45, 7) is 4.91. The van der Waals surface area contributed by atoms with Crippen molar-refractivity contribution < 1.29 is 4.74 Å². The SMILES string of the molecule is CO[C@H]1CC[Si](C)(C)CC[C@@H]1N.Cl. The molecule has 0 aromatic carbocycles. The second-order valence-electron chi connectivity index (χ2n) is 4.68. The second kappa shape index (κ2) is 5.34. The van der Waals surface area contributed by atoms with E-state index in [0.717, 1.165) is 6.42 Å². The molecule has 4 heteroatoms. The number of rotatable bonds is 1. The third-order valence-corrected chi connectivity index (χ3v) is 6.32. The Morgan fingerprint density at radius 2 is 1.77 bits per heavy atom. The van der Waals surface area contributed by atoms with Gasteiger partial charge in [-0.1, -0.05) is 25.2 Å². The summed E-state index contributed by atoms with van der Waals surface area (Å²) in [4.78, 5) is 0. The molecule has 2 nitrogen and oxygen atoms in total. The lowest BCUT2D eigenvalue weighted by atomic mass is 10.1. The van der Waals surface area contributed by atoms with E-state index in [2.05, 4.69) is 13.1 Å². The van der Waals surface area contributed by atoms with Crippen molar-refractivity contribution in [3.8, 4) is 0 Å². The minimum absolute atomic E-state index is 0. The molecule has 1 heterocycles. The van der Waals surface area contributed by atoms with Gasteiger partial charge >= 0.3 is 0 Å². The van der Waals surface area contributed by atoms with E-state index in [4.69, 9.17) is 10.5 Å². The van der Waals surface area contributed by atoms with Crippen LogP contribution in [0.4, 0.5) is 0 Å². The second-order valence-corrected chi connectivity index (χ2v) is 10.0. The van der Waals surface area contributed by atoms with Crippen molar-refractivity contribution in [2.75, 3.05) is 7.11 Å². The molecular weight excluding hydrogens is 202 g/mol. The highest BCUT2D eigenvalue weighted by Crippen LogP contribution is 2.27. The molecule has 0 aliphatic carbocycles. The molecule has 2 atom stereocenters. The average molecular weight is 224 g/mol. The zero-order valence-corrected chi connectivity index (χ0v) is 10.7. The molecule has 80 valence electrons. The minimum Gasteiger partial charge on any atom is -0.380 e. The van der Waals surface area contributed by atoms with Crippen LogP contribution in [-0.2, 0) is 4.74 Å². The number of nitrogens with two attached hydrogens (primary N) is 1. The molecular formula is C9H22ClNOSi. The predicted octanol–water partition coefficient (Wildman–Crippen LogP) is 2.25. The van der Waals surface area contributed by atoms with Gasteiger partial charge in [0.15, 0.2) is 0 Å². The molecule has 13 heavy (non-hydrogen) atoms. The molecule has 1 saturated heterocycles. The fourth-order valence-corrected chi connectivity index (χ4v) is 4.34. The normalized spacial score (nSPS) is 33.2. The van der Waals surface area contributed by atoms with Gasteiger partial charge in [0.1, 0.15) is 0 Å². The molecule has 0 bridgehead atoms. The van der Waals surface area contributed by atoms with Crippen LogP contribution < -0.4 is 5.73 Å². The molecule has 2 N–H and O–H groups in total. The van der Waals surface area contributed by atoms with Gasteiger partial charge in [0, 0.05) is 21.2 Å². The van der Waals surface area contributed by atoms with Crippen molar-refractivity contribution in [3.63, 3.8) is 0 Å². The zero-order valence-electron chi connectivity index (χ0n) is 8.88. The van der Waals surface area contributed by atoms with Gasteiger partial charge in [-0.3, -0.25) is 0 Å². The first-order chi connectivity index (χ1) is 5.55. The lowest BCUT2D eigenvalue weighted by molar-refractivity contribution is 0.0780. The van der Waals surface area contributed by atoms with Crippen LogP contribution in [0.25, 0.3) is 0 Å². The van der Waals surface area contributed by atoms with Crippen LogP contribution in [-0.4, -0.2) is 27.3 Å². The molecule has 1 fully saturated rings. The van der Waals surface area contributed by atoms with Gasteiger partial charge in [-0.15, -0.1) is 12.4 Å². The van der Waals surface area contributed by atoms with Crippen LogP contribution in [0.3, 0.4) is 0 Å². The molecule has 0 spiro atoms. The van der Waals surface area contributed by atoms with E-state index in [1.54, 1.807) is 7.11 Å². The Balaban J connectivity index is 0.00000144. The van der Waals surface area contributed by atoms with Crippen molar-refractivity contribution in [2.45, 2.75) is 50.2 Å². The van der Waals surface area contributed by atoms with E-state index in [1.165, 1.54) is 18.5 Å². The third-order valence-electron chi connectivity index (χ3n) is 3.04. The van der Waals surface area contributed by atoms with Crippen LogP contribution in [0.2, 0.25) is 25.2 Å². The fraction of sp³-hybridized carbons (Fsp3) is 1.00. The zero-order chi connectivity index (χ0) is 9.19. The van der Waals surface area contributed by atoms with Crippen molar-refractivity contribution in [2.24, 2.45) is 5.73 Å². The summed E-state index contributed by atoms with van der Waals surface area (Å²) in [5.74, 6) is 0. The van der Waals surface area contributed by atoms with E-state index < -0.39 is 8.07 Å². The highest BCUT2D eigenvalue weighted by molar-refractivity contribution is 6.77. The molecule has 1 rings (SSSR count). The Morgan fingerprint density at radius 3 is 2.31 bits per heavy atom. The van der Waals surface area contributed by atoms with Crippen LogP contribution in [0.1, 0.15) is 12.8 Å². The van der Waals surface area contributed by atoms with E-state index in [-0.39, 0.29) is 18.4 Å². The molecule has 0 unspecified atom stereocenters. The number of hydrogen-bond donors (Lipinski definition) is 1. The van der Waals surface area contributed by atoms with Gasteiger partial charge in [0.2, 0.25) is 0 Å². The predicted molar refractivity (Wildman–Crippen MR) is 62.4 cm³/mol. The summed E-state index contributed by atoms with van der Waals surface area (Å²) in [6, 6.07) is 3.03. The molecule has 1 aliphatic heterocycles. The van der Waals surface area contributed by atoms with E-state index in [9.17, 15) is 0 Å². The number of hydrogen-bond acceptors (Lipinski definition) is 2. The summed E-state index contributed by atoms with van der Waals surface area (Å²) in [6.07, 6.45) is 2.66. The first-order valence-corrected chi connectivity index (χ1v) is 8.25.